The maximum atomic E-state index is 11.0. The van der Waals surface area contributed by atoms with Gasteiger partial charge >= 0.3 is 0 Å². The Morgan fingerprint density at radius 3 is 1.88 bits per heavy atom. The molecule has 0 spiro atoms. The molecule has 5 nitrogen and oxygen atoms in total. The summed E-state index contributed by atoms with van der Waals surface area (Å²) >= 11 is 0. The predicted molar refractivity (Wildman–Crippen MR) is 239 cm³/mol. The third-order valence-corrected chi connectivity index (χ3v) is 11.0. The molecule has 0 aliphatic carbocycles. The third kappa shape index (κ3) is 7.76. The summed E-state index contributed by atoms with van der Waals surface area (Å²) in [5.41, 5.74) is 14.5. The molecule has 0 saturated heterocycles. The Balaban J connectivity index is 0.00000484. The number of benzene rings is 5. The zero-order valence-electron chi connectivity index (χ0n) is 34.1. The van der Waals surface area contributed by atoms with Crippen molar-refractivity contribution in [2.45, 2.75) is 52.4 Å². The minimum atomic E-state index is -0.0423. The van der Waals surface area contributed by atoms with Crippen molar-refractivity contribution in [3.05, 3.63) is 175 Å². The molecule has 0 fully saturated rings. The number of aromatic nitrogens is 4. The van der Waals surface area contributed by atoms with Gasteiger partial charge in [0.1, 0.15) is 11.4 Å². The van der Waals surface area contributed by atoms with Crippen LogP contribution in [0.5, 0.6) is 5.75 Å². The smallest absolute Gasteiger partial charge is 0.145 e. The predicted octanol–water partition coefficient (Wildman–Crippen LogP) is 13.4. The average molecular weight is 949 g/mol. The van der Waals surface area contributed by atoms with Crippen LogP contribution in [0.25, 0.3) is 83.6 Å². The van der Waals surface area contributed by atoms with Crippen molar-refractivity contribution in [3.8, 4) is 67.5 Å². The van der Waals surface area contributed by atoms with Crippen LogP contribution in [-0.4, -0.2) is 24.6 Å². The van der Waals surface area contributed by atoms with Gasteiger partial charge in [0.15, 0.2) is 0 Å². The van der Waals surface area contributed by atoms with Crippen molar-refractivity contribution < 1.29 is 26.2 Å². The van der Waals surface area contributed by atoms with Gasteiger partial charge in [-0.05, 0) is 98.8 Å². The van der Waals surface area contributed by atoms with Crippen LogP contribution in [0.15, 0.2) is 158 Å². The quantitative estimate of drug-likeness (QED) is 0.169. The molecule has 0 saturated carbocycles. The maximum absolute atomic E-state index is 11.0. The Morgan fingerprint density at radius 2 is 1.15 bits per heavy atom. The van der Waals surface area contributed by atoms with Gasteiger partial charge in [-0.15, -0.1) is 24.3 Å². The second-order valence-electron chi connectivity index (χ2n) is 17.1. The molecule has 9 aromatic rings. The number of phenols is 1. The van der Waals surface area contributed by atoms with Crippen LogP contribution in [0.4, 0.5) is 0 Å². The Kier molecular flexibility index (Phi) is 10.4. The number of rotatable bonds is 6. The fraction of sp³-hybridized carbons (Fsp3) is 0.151. The van der Waals surface area contributed by atoms with Crippen molar-refractivity contribution in [1.29, 1.82) is 0 Å². The van der Waals surface area contributed by atoms with Gasteiger partial charge in [-0.2, -0.15) is 0 Å². The number of fused-ring (bicyclic) bond motifs is 3. The van der Waals surface area contributed by atoms with Crippen LogP contribution in [-0.2, 0) is 31.9 Å². The molecule has 6 heteroatoms. The number of phenolic OH excluding ortho intramolecular Hbond substituents is 1. The molecule has 1 N–H and O–H groups in total. The third-order valence-electron chi connectivity index (χ3n) is 11.0. The molecule has 0 bridgehead atoms. The Labute approximate surface area is 360 Å². The summed E-state index contributed by atoms with van der Waals surface area (Å²) in [5.74, 6) is 0.189. The summed E-state index contributed by atoms with van der Waals surface area (Å²) in [6.45, 7) is 13.5. The van der Waals surface area contributed by atoms with Gasteiger partial charge in [-0.3, -0.25) is 14.5 Å². The second-order valence-corrected chi connectivity index (χ2v) is 17.1. The summed E-state index contributed by atoms with van der Waals surface area (Å²) in [6.07, 6.45) is 3.72. The Hall–Kier alpha value is -6.16. The van der Waals surface area contributed by atoms with Gasteiger partial charge in [0, 0.05) is 66.9 Å². The second kappa shape index (κ2) is 15.5. The van der Waals surface area contributed by atoms with Crippen LogP contribution in [0.1, 0.15) is 52.7 Å². The SMILES string of the molecule is CC(C)(C)c1cc(-c2cc(-c3[c-]c(-c4cc(-c5ccc6c7cccnc7n(-c7ccccc7)c6c5)ccn4)ccc3)nc(-c3ccccc3O)c2)cc(C(C)(C)C)c1.[Pt]. The molecule has 0 unspecified atom stereocenters. The summed E-state index contributed by atoms with van der Waals surface area (Å²) in [7, 11) is 0. The van der Waals surface area contributed by atoms with E-state index in [1.54, 1.807) is 6.07 Å². The molecule has 0 aliphatic heterocycles. The van der Waals surface area contributed by atoms with E-state index in [-0.39, 0.29) is 37.6 Å². The first-order valence-electron chi connectivity index (χ1n) is 19.8. The Morgan fingerprint density at radius 1 is 0.508 bits per heavy atom. The van der Waals surface area contributed by atoms with Gasteiger partial charge < -0.3 is 5.11 Å². The van der Waals surface area contributed by atoms with E-state index >= 15 is 0 Å². The molecule has 4 heterocycles. The number of hydrogen-bond donors (Lipinski definition) is 1. The van der Waals surface area contributed by atoms with E-state index in [1.165, 1.54) is 11.1 Å². The zero-order chi connectivity index (χ0) is 40.2. The molecule has 59 heavy (non-hydrogen) atoms. The molecular weight excluding hydrogens is 904 g/mol. The minimum absolute atomic E-state index is 0. The van der Waals surface area contributed by atoms with E-state index in [1.807, 2.05) is 60.9 Å². The molecule has 294 valence electrons. The van der Waals surface area contributed by atoms with Gasteiger partial charge in [-0.1, -0.05) is 125 Å². The summed E-state index contributed by atoms with van der Waals surface area (Å²) in [5, 5.41) is 13.3. The summed E-state index contributed by atoms with van der Waals surface area (Å²) < 4.78 is 2.24. The maximum Gasteiger partial charge on any atom is 0.145 e. The van der Waals surface area contributed by atoms with Crippen LogP contribution >= 0.6 is 0 Å². The molecule has 5 aromatic carbocycles. The van der Waals surface area contributed by atoms with E-state index in [0.717, 1.165) is 72.4 Å². The molecule has 0 amide bonds. The van der Waals surface area contributed by atoms with Gasteiger partial charge in [0.05, 0.1) is 11.2 Å². The molecule has 4 aromatic heterocycles. The van der Waals surface area contributed by atoms with Crippen molar-refractivity contribution >= 4 is 21.9 Å². The summed E-state index contributed by atoms with van der Waals surface area (Å²) in [4.78, 5) is 14.8. The van der Waals surface area contributed by atoms with E-state index in [4.69, 9.17) is 15.0 Å². The van der Waals surface area contributed by atoms with E-state index in [9.17, 15) is 5.11 Å². The van der Waals surface area contributed by atoms with Crippen LogP contribution in [0.2, 0.25) is 0 Å². The molecule has 0 radical (unpaired) electrons. The van der Waals surface area contributed by atoms with Gasteiger partial charge in [-0.25, -0.2) is 4.98 Å². The first kappa shape index (κ1) is 39.7. The van der Waals surface area contributed by atoms with Crippen LogP contribution < -0.4 is 0 Å². The van der Waals surface area contributed by atoms with E-state index in [2.05, 4.69) is 143 Å². The van der Waals surface area contributed by atoms with Crippen LogP contribution in [0.3, 0.4) is 0 Å². The average Bonchev–Trinajstić information content (AvgIpc) is 3.57. The van der Waals surface area contributed by atoms with Crippen molar-refractivity contribution in [2.24, 2.45) is 0 Å². The van der Waals surface area contributed by atoms with E-state index in [0.29, 0.717) is 11.3 Å². The normalized spacial score (nSPS) is 11.8. The number of para-hydroxylation sites is 2. The van der Waals surface area contributed by atoms with Crippen molar-refractivity contribution in [1.82, 2.24) is 19.5 Å². The van der Waals surface area contributed by atoms with Gasteiger partial charge in [0.2, 0.25) is 0 Å². The first-order chi connectivity index (χ1) is 27.9. The molecular formula is C53H45N4OPt-. The summed E-state index contributed by atoms with van der Waals surface area (Å²) in [6, 6.07) is 53.7. The number of aromatic hydroxyl groups is 1. The van der Waals surface area contributed by atoms with Gasteiger partial charge in [0.25, 0.3) is 0 Å². The number of pyridine rings is 3. The fourth-order valence-corrected chi connectivity index (χ4v) is 7.71. The Bertz CT molecular complexity index is 2960. The largest absolute Gasteiger partial charge is 0.507 e. The van der Waals surface area contributed by atoms with Crippen LogP contribution in [0, 0.1) is 6.07 Å². The first-order valence-corrected chi connectivity index (χ1v) is 19.8. The topological polar surface area (TPSA) is 63.8 Å². The zero-order valence-corrected chi connectivity index (χ0v) is 36.3. The molecule has 0 aliphatic rings. The standard InChI is InChI=1S/C53H45N4O.Pt/c1-52(2,3)40-27-38(28-41(33-40)53(4,5)6)39-30-47(56-48(31-39)45-18-10-11-20-50(45)58)37-15-12-14-36(26-37)46-29-35(23-25-54-46)34-21-22-43-44-19-13-24-55-51(44)57(49(43)32-34)42-16-8-7-9-17-42;/h7-25,27-33,58H,1-6H3;/q-1;. The monoisotopic (exact) mass is 948 g/mol. The molecule has 9 rings (SSSR count). The number of nitrogens with zero attached hydrogens (tertiary/aromatic N) is 4. The van der Waals surface area contributed by atoms with Crippen molar-refractivity contribution in [3.63, 3.8) is 0 Å². The molecule has 0 atom stereocenters. The van der Waals surface area contributed by atoms with E-state index < -0.39 is 0 Å². The minimum Gasteiger partial charge on any atom is -0.507 e. The number of hydrogen-bond acceptors (Lipinski definition) is 4. The fourth-order valence-electron chi connectivity index (χ4n) is 7.71. The van der Waals surface area contributed by atoms with Crippen molar-refractivity contribution in [2.75, 3.05) is 0 Å².